The first kappa shape index (κ1) is 11.4. The van der Waals surface area contributed by atoms with Crippen molar-refractivity contribution in [1.29, 1.82) is 0 Å². The molecule has 0 radical (unpaired) electrons. The zero-order valence-corrected chi connectivity index (χ0v) is 8.46. The summed E-state index contributed by atoms with van der Waals surface area (Å²) in [5, 5.41) is 0. The van der Waals surface area contributed by atoms with Crippen LogP contribution in [0.1, 0.15) is 11.1 Å². The zero-order valence-electron chi connectivity index (χ0n) is 8.46. The van der Waals surface area contributed by atoms with Gasteiger partial charge in [-0.05, 0) is 11.6 Å². The van der Waals surface area contributed by atoms with Crippen LogP contribution < -0.4 is 0 Å². The fraction of sp³-hybridized carbons (Fsp3) is 0.455. The van der Waals surface area contributed by atoms with Crippen molar-refractivity contribution in [2.75, 3.05) is 13.2 Å². The lowest BCUT2D eigenvalue weighted by Crippen LogP contribution is -2.11. The van der Waals surface area contributed by atoms with Crippen LogP contribution in [0.4, 0.5) is 13.2 Å². The van der Waals surface area contributed by atoms with Crippen LogP contribution in [0.5, 0.6) is 0 Å². The van der Waals surface area contributed by atoms with Gasteiger partial charge in [-0.3, -0.25) is 0 Å². The van der Waals surface area contributed by atoms with E-state index in [1.807, 2.05) is 0 Å². The van der Waals surface area contributed by atoms with Crippen LogP contribution in [-0.4, -0.2) is 19.3 Å². The van der Waals surface area contributed by atoms with Gasteiger partial charge in [-0.1, -0.05) is 18.2 Å². The number of alkyl halides is 3. The summed E-state index contributed by atoms with van der Waals surface area (Å²) in [5.41, 5.74) is -0.470. The van der Waals surface area contributed by atoms with E-state index in [1.54, 1.807) is 6.07 Å². The maximum absolute atomic E-state index is 12.6. The minimum absolute atomic E-state index is 0.0322. The summed E-state index contributed by atoms with van der Waals surface area (Å²) in [6.45, 7) is 0.961. The molecule has 0 spiro atoms. The van der Waals surface area contributed by atoms with Crippen LogP contribution in [0, 0.1) is 0 Å². The predicted molar refractivity (Wildman–Crippen MR) is 50.8 cm³/mol. The summed E-state index contributed by atoms with van der Waals surface area (Å²) in [7, 11) is 0. The van der Waals surface area contributed by atoms with Crippen LogP contribution in [0.15, 0.2) is 24.3 Å². The SMILES string of the molecule is FC(F)(F)c1ccccc1COC[C@@H]1CO1. The number of benzene rings is 1. The molecule has 0 saturated carbocycles. The smallest absolute Gasteiger partial charge is 0.374 e. The Balaban J connectivity index is 2.00. The molecule has 1 atom stereocenters. The molecule has 1 saturated heterocycles. The van der Waals surface area contributed by atoms with Gasteiger partial charge in [0.1, 0.15) is 6.10 Å². The fourth-order valence-electron chi connectivity index (χ4n) is 1.39. The van der Waals surface area contributed by atoms with Gasteiger partial charge in [0.25, 0.3) is 0 Å². The summed E-state index contributed by atoms with van der Waals surface area (Å²) in [6.07, 6.45) is -4.26. The second kappa shape index (κ2) is 4.43. The highest BCUT2D eigenvalue weighted by Gasteiger charge is 2.33. The summed E-state index contributed by atoms with van der Waals surface area (Å²) >= 11 is 0. The topological polar surface area (TPSA) is 21.8 Å². The molecular formula is C11H11F3O2. The third kappa shape index (κ3) is 2.96. The normalized spacial score (nSPS) is 19.8. The van der Waals surface area contributed by atoms with Gasteiger partial charge in [0.2, 0.25) is 0 Å². The minimum atomic E-state index is -4.32. The van der Waals surface area contributed by atoms with Crippen LogP contribution >= 0.6 is 0 Å². The Morgan fingerprint density at radius 3 is 2.62 bits per heavy atom. The lowest BCUT2D eigenvalue weighted by Gasteiger charge is -2.12. The monoisotopic (exact) mass is 232 g/mol. The summed E-state index contributed by atoms with van der Waals surface area (Å²) < 4.78 is 47.8. The van der Waals surface area contributed by atoms with Crippen molar-refractivity contribution < 1.29 is 22.6 Å². The Morgan fingerprint density at radius 2 is 2.00 bits per heavy atom. The molecule has 0 bridgehead atoms. The van der Waals surface area contributed by atoms with Crippen LogP contribution in [-0.2, 0) is 22.3 Å². The van der Waals surface area contributed by atoms with Gasteiger partial charge in [0, 0.05) is 0 Å². The number of hydrogen-bond acceptors (Lipinski definition) is 2. The molecule has 0 N–H and O–H groups in total. The molecule has 1 aliphatic rings. The molecule has 2 rings (SSSR count). The van der Waals surface area contributed by atoms with Gasteiger partial charge in [-0.25, -0.2) is 0 Å². The molecule has 1 aliphatic heterocycles. The molecule has 1 fully saturated rings. The van der Waals surface area contributed by atoms with Gasteiger partial charge < -0.3 is 9.47 Å². The van der Waals surface area contributed by atoms with Crippen molar-refractivity contribution in [2.24, 2.45) is 0 Å². The Kier molecular flexibility index (Phi) is 3.16. The standard InChI is InChI=1S/C11H11F3O2/c12-11(13,14)10-4-2-1-3-8(10)5-15-6-9-7-16-9/h1-4,9H,5-7H2/t9-/m1/s1. The lowest BCUT2D eigenvalue weighted by atomic mass is 10.1. The first-order valence-electron chi connectivity index (χ1n) is 4.92. The molecule has 88 valence electrons. The van der Waals surface area contributed by atoms with Gasteiger partial charge in [-0.2, -0.15) is 13.2 Å². The Morgan fingerprint density at radius 1 is 1.31 bits per heavy atom. The number of ether oxygens (including phenoxy) is 2. The van der Waals surface area contributed by atoms with E-state index in [4.69, 9.17) is 9.47 Å². The van der Waals surface area contributed by atoms with E-state index < -0.39 is 11.7 Å². The first-order chi connectivity index (χ1) is 7.57. The Hall–Kier alpha value is -1.07. The van der Waals surface area contributed by atoms with Crippen molar-refractivity contribution in [1.82, 2.24) is 0 Å². The summed E-state index contributed by atoms with van der Waals surface area (Å²) in [5.74, 6) is 0. The van der Waals surface area contributed by atoms with E-state index in [-0.39, 0.29) is 18.3 Å². The van der Waals surface area contributed by atoms with Gasteiger partial charge >= 0.3 is 6.18 Å². The molecule has 0 unspecified atom stereocenters. The molecule has 0 amide bonds. The van der Waals surface area contributed by atoms with Crippen molar-refractivity contribution in [3.8, 4) is 0 Å². The van der Waals surface area contributed by atoms with Crippen molar-refractivity contribution in [3.05, 3.63) is 35.4 Å². The van der Waals surface area contributed by atoms with E-state index in [1.165, 1.54) is 12.1 Å². The first-order valence-corrected chi connectivity index (χ1v) is 4.92. The number of halogens is 3. The molecule has 0 aliphatic carbocycles. The molecule has 5 heteroatoms. The van der Waals surface area contributed by atoms with E-state index in [0.29, 0.717) is 13.2 Å². The largest absolute Gasteiger partial charge is 0.416 e. The Labute approximate surface area is 91.0 Å². The van der Waals surface area contributed by atoms with Gasteiger partial charge in [-0.15, -0.1) is 0 Å². The molecule has 1 heterocycles. The van der Waals surface area contributed by atoms with Crippen molar-refractivity contribution in [2.45, 2.75) is 18.9 Å². The van der Waals surface area contributed by atoms with Crippen LogP contribution in [0.3, 0.4) is 0 Å². The summed E-state index contributed by atoms with van der Waals surface area (Å²) in [6, 6.07) is 5.43. The third-order valence-corrected chi connectivity index (χ3v) is 2.29. The lowest BCUT2D eigenvalue weighted by molar-refractivity contribution is -0.138. The quantitative estimate of drug-likeness (QED) is 0.744. The molecule has 0 aromatic heterocycles. The highest BCUT2D eigenvalue weighted by molar-refractivity contribution is 5.28. The third-order valence-electron chi connectivity index (χ3n) is 2.29. The molecule has 2 nitrogen and oxygen atoms in total. The van der Waals surface area contributed by atoms with Crippen LogP contribution in [0.25, 0.3) is 0 Å². The second-order valence-corrected chi connectivity index (χ2v) is 3.63. The van der Waals surface area contributed by atoms with E-state index >= 15 is 0 Å². The average molecular weight is 232 g/mol. The highest BCUT2D eigenvalue weighted by Crippen LogP contribution is 2.32. The Bertz CT molecular complexity index is 358. The highest BCUT2D eigenvalue weighted by atomic mass is 19.4. The van der Waals surface area contributed by atoms with Crippen molar-refractivity contribution >= 4 is 0 Å². The fourth-order valence-corrected chi connectivity index (χ4v) is 1.39. The van der Waals surface area contributed by atoms with E-state index in [9.17, 15) is 13.2 Å². The van der Waals surface area contributed by atoms with E-state index in [2.05, 4.69) is 0 Å². The van der Waals surface area contributed by atoms with E-state index in [0.717, 1.165) is 6.07 Å². The summed E-state index contributed by atoms with van der Waals surface area (Å²) in [4.78, 5) is 0. The van der Waals surface area contributed by atoms with Gasteiger partial charge in [0.15, 0.2) is 0 Å². The maximum Gasteiger partial charge on any atom is 0.416 e. The molecule has 16 heavy (non-hydrogen) atoms. The average Bonchev–Trinajstić information content (AvgIpc) is 3.01. The minimum Gasteiger partial charge on any atom is -0.374 e. The van der Waals surface area contributed by atoms with Crippen molar-refractivity contribution in [3.63, 3.8) is 0 Å². The zero-order chi connectivity index (χ0) is 11.6. The number of rotatable bonds is 4. The second-order valence-electron chi connectivity index (χ2n) is 3.63. The molecular weight excluding hydrogens is 221 g/mol. The number of epoxide rings is 1. The van der Waals surface area contributed by atoms with Gasteiger partial charge in [0.05, 0.1) is 25.4 Å². The van der Waals surface area contributed by atoms with Crippen LogP contribution in [0.2, 0.25) is 0 Å². The number of hydrogen-bond donors (Lipinski definition) is 0. The molecule has 1 aromatic rings. The molecule has 1 aromatic carbocycles. The predicted octanol–water partition coefficient (Wildman–Crippen LogP) is 2.62. The maximum atomic E-state index is 12.6.